The van der Waals surface area contributed by atoms with Crippen molar-refractivity contribution in [2.45, 2.75) is 44.9 Å². The molecule has 1 fully saturated rings. The lowest BCUT2D eigenvalue weighted by atomic mass is 9.93. The van der Waals surface area contributed by atoms with Gasteiger partial charge in [-0.2, -0.15) is 4.31 Å². The zero-order valence-corrected chi connectivity index (χ0v) is 21.1. The Labute approximate surface area is 200 Å². The summed E-state index contributed by atoms with van der Waals surface area (Å²) in [5, 5.41) is 3.52. The van der Waals surface area contributed by atoms with Crippen LogP contribution in [0.15, 0.2) is 23.1 Å². The Balaban J connectivity index is 1.68. The number of benzene rings is 1. The summed E-state index contributed by atoms with van der Waals surface area (Å²) >= 11 is 1.52. The zero-order valence-electron chi connectivity index (χ0n) is 19.5. The minimum atomic E-state index is -3.69. The highest BCUT2D eigenvalue weighted by atomic mass is 32.2. The number of carbonyl (C=O) groups is 1. The lowest BCUT2D eigenvalue weighted by Crippen LogP contribution is -2.37. The maximum Gasteiger partial charge on any atom is 0.259 e. The second-order valence-corrected chi connectivity index (χ2v) is 11.6. The van der Waals surface area contributed by atoms with Crippen LogP contribution in [-0.4, -0.2) is 63.0 Å². The molecular weight excluding hydrogens is 460 g/mol. The van der Waals surface area contributed by atoms with Crippen molar-refractivity contribution in [3.05, 3.63) is 34.3 Å². The number of anilines is 2. The highest BCUT2D eigenvalue weighted by molar-refractivity contribution is 7.89. The number of carbonyl (C=O) groups excluding carboxylic acids is 1. The molecule has 0 radical (unpaired) electrons. The molecule has 1 atom stereocenters. The molecule has 0 saturated carbocycles. The van der Waals surface area contributed by atoms with E-state index in [-0.39, 0.29) is 10.8 Å². The Hall–Kier alpha value is -2.01. The molecule has 180 valence electrons. The van der Waals surface area contributed by atoms with E-state index >= 15 is 0 Å². The fraction of sp³-hybridized carbons (Fsp3) is 0.565. The first-order valence-electron chi connectivity index (χ1n) is 11.6. The number of hydrogen-bond donors (Lipinski definition) is 1. The number of aromatic nitrogens is 1. The summed E-state index contributed by atoms with van der Waals surface area (Å²) in [6.07, 6.45) is 3.02. The number of ether oxygens (including phenoxy) is 1. The highest BCUT2D eigenvalue weighted by Crippen LogP contribution is 2.33. The first-order valence-corrected chi connectivity index (χ1v) is 13.9. The molecule has 4 rings (SSSR count). The second-order valence-electron chi connectivity index (χ2n) is 8.56. The molecule has 2 heterocycles. The third-order valence-electron chi connectivity index (χ3n) is 6.31. The van der Waals surface area contributed by atoms with E-state index in [1.807, 2.05) is 13.8 Å². The van der Waals surface area contributed by atoms with E-state index in [0.29, 0.717) is 61.7 Å². The Morgan fingerprint density at radius 3 is 2.70 bits per heavy atom. The maximum atomic E-state index is 13.4. The summed E-state index contributed by atoms with van der Waals surface area (Å²) < 4.78 is 33.1. The number of rotatable bonds is 7. The topological polar surface area (TPSA) is 91.8 Å². The maximum absolute atomic E-state index is 13.4. The van der Waals surface area contributed by atoms with Gasteiger partial charge in [-0.05, 0) is 43.4 Å². The molecule has 1 aliphatic carbocycles. The molecular formula is C23H32N4O4S2. The zero-order chi connectivity index (χ0) is 23.6. The van der Waals surface area contributed by atoms with Crippen LogP contribution in [0.4, 0.5) is 10.8 Å². The lowest BCUT2D eigenvalue weighted by Gasteiger charge is -2.30. The first-order chi connectivity index (χ1) is 15.8. The van der Waals surface area contributed by atoms with Crippen molar-refractivity contribution in [1.29, 1.82) is 0 Å². The van der Waals surface area contributed by atoms with Crippen LogP contribution in [-0.2, 0) is 27.6 Å². The van der Waals surface area contributed by atoms with Crippen LogP contribution in [0.2, 0.25) is 0 Å². The minimum absolute atomic E-state index is 0.126. The van der Waals surface area contributed by atoms with Crippen molar-refractivity contribution in [2.24, 2.45) is 5.92 Å². The van der Waals surface area contributed by atoms with Crippen molar-refractivity contribution in [3.8, 4) is 0 Å². The largest absolute Gasteiger partial charge is 0.378 e. The fourth-order valence-electron chi connectivity index (χ4n) is 4.41. The Morgan fingerprint density at radius 1 is 1.27 bits per heavy atom. The molecule has 10 heteroatoms. The molecule has 8 nitrogen and oxygen atoms in total. The quantitative estimate of drug-likeness (QED) is 0.637. The Morgan fingerprint density at radius 2 is 2.00 bits per heavy atom. The number of hydrogen-bond acceptors (Lipinski definition) is 7. The van der Waals surface area contributed by atoms with Gasteiger partial charge in [0.2, 0.25) is 10.0 Å². The van der Waals surface area contributed by atoms with Crippen molar-refractivity contribution in [1.82, 2.24) is 9.29 Å². The van der Waals surface area contributed by atoms with Gasteiger partial charge in [-0.25, -0.2) is 13.4 Å². The normalized spacial score (nSPS) is 18.9. The SMILES string of the molecule is CCN(CC)S(=O)(=O)c1ccc(N2CCOCC2)c(C(=O)Nc2nc3c(s2)CC(C)CC3)c1. The van der Waals surface area contributed by atoms with Crippen LogP contribution in [0.1, 0.15) is 48.1 Å². The van der Waals surface area contributed by atoms with E-state index in [9.17, 15) is 13.2 Å². The first kappa shape index (κ1) is 24.1. The summed E-state index contributed by atoms with van der Waals surface area (Å²) in [4.78, 5) is 21.5. The van der Waals surface area contributed by atoms with Gasteiger partial charge in [-0.3, -0.25) is 10.1 Å². The molecule has 33 heavy (non-hydrogen) atoms. The summed E-state index contributed by atoms with van der Waals surface area (Å²) in [5.41, 5.74) is 2.12. The van der Waals surface area contributed by atoms with Gasteiger partial charge >= 0.3 is 0 Å². The summed E-state index contributed by atoms with van der Waals surface area (Å²) in [6.45, 7) is 9.01. The van der Waals surface area contributed by atoms with Crippen molar-refractivity contribution in [2.75, 3.05) is 49.6 Å². The van der Waals surface area contributed by atoms with E-state index in [4.69, 9.17) is 4.74 Å². The number of amides is 1. The molecule has 1 amide bonds. The summed E-state index contributed by atoms with van der Waals surface area (Å²) in [7, 11) is -3.69. The van der Waals surface area contributed by atoms with Gasteiger partial charge in [-0.1, -0.05) is 20.8 Å². The predicted molar refractivity (Wildman–Crippen MR) is 131 cm³/mol. The van der Waals surface area contributed by atoms with Crippen LogP contribution in [0, 0.1) is 5.92 Å². The van der Waals surface area contributed by atoms with Gasteiger partial charge in [0.1, 0.15) is 0 Å². The average Bonchev–Trinajstić information content (AvgIpc) is 3.21. The second kappa shape index (κ2) is 10.1. The molecule has 2 aliphatic rings. The number of sulfonamides is 1. The molecule has 2 aromatic rings. The van der Waals surface area contributed by atoms with E-state index in [1.54, 1.807) is 12.1 Å². The van der Waals surface area contributed by atoms with Crippen LogP contribution in [0.5, 0.6) is 0 Å². The van der Waals surface area contributed by atoms with E-state index in [2.05, 4.69) is 22.1 Å². The monoisotopic (exact) mass is 492 g/mol. The summed E-state index contributed by atoms with van der Waals surface area (Å²) in [5.74, 6) is 0.281. The summed E-state index contributed by atoms with van der Waals surface area (Å²) in [6, 6.07) is 4.84. The van der Waals surface area contributed by atoms with E-state index < -0.39 is 10.0 Å². The van der Waals surface area contributed by atoms with Gasteiger partial charge in [0.25, 0.3) is 5.91 Å². The van der Waals surface area contributed by atoms with Crippen LogP contribution in [0.25, 0.3) is 0 Å². The van der Waals surface area contributed by atoms with Gasteiger partial charge in [0, 0.05) is 36.7 Å². The Kier molecular flexibility index (Phi) is 7.37. The number of nitrogens with zero attached hydrogens (tertiary/aromatic N) is 3. The third-order valence-corrected chi connectivity index (χ3v) is 9.40. The molecule has 1 unspecified atom stereocenters. The highest BCUT2D eigenvalue weighted by Gasteiger charge is 2.27. The lowest BCUT2D eigenvalue weighted by molar-refractivity contribution is 0.102. The molecule has 1 saturated heterocycles. The smallest absolute Gasteiger partial charge is 0.259 e. The fourth-order valence-corrected chi connectivity index (χ4v) is 7.06. The minimum Gasteiger partial charge on any atom is -0.378 e. The van der Waals surface area contributed by atoms with Gasteiger partial charge in [0.15, 0.2) is 5.13 Å². The number of aryl methyl sites for hydroxylation is 1. The van der Waals surface area contributed by atoms with Crippen LogP contribution >= 0.6 is 11.3 Å². The van der Waals surface area contributed by atoms with Crippen molar-refractivity contribution >= 4 is 38.1 Å². The molecule has 0 bridgehead atoms. The Bertz CT molecular complexity index is 1110. The number of morpholine rings is 1. The number of thiazole rings is 1. The number of fused-ring (bicyclic) bond motifs is 1. The van der Waals surface area contributed by atoms with Crippen molar-refractivity contribution < 1.29 is 17.9 Å². The molecule has 1 N–H and O–H groups in total. The van der Waals surface area contributed by atoms with Gasteiger partial charge < -0.3 is 9.64 Å². The molecule has 1 aliphatic heterocycles. The van der Waals surface area contributed by atoms with E-state index in [1.165, 1.54) is 26.6 Å². The average molecular weight is 493 g/mol. The standard InChI is InChI=1S/C23H32N4O4S2/c1-4-27(5-2)33(29,30)17-7-9-20(26-10-12-31-13-11-26)18(15-17)22(28)25-23-24-19-8-6-16(3)14-21(19)32-23/h7,9,15-16H,4-6,8,10-14H2,1-3H3,(H,24,25,28). The number of nitrogens with one attached hydrogen (secondary N) is 1. The molecule has 0 spiro atoms. The van der Waals surface area contributed by atoms with Gasteiger partial charge in [-0.15, -0.1) is 11.3 Å². The predicted octanol–water partition coefficient (Wildman–Crippen LogP) is 3.39. The van der Waals surface area contributed by atoms with Gasteiger partial charge in [0.05, 0.1) is 29.4 Å². The molecule has 1 aromatic heterocycles. The van der Waals surface area contributed by atoms with Crippen LogP contribution < -0.4 is 10.2 Å². The van der Waals surface area contributed by atoms with Crippen LogP contribution in [0.3, 0.4) is 0 Å². The van der Waals surface area contributed by atoms with E-state index in [0.717, 1.165) is 25.0 Å². The van der Waals surface area contributed by atoms with Crippen molar-refractivity contribution in [3.63, 3.8) is 0 Å². The third kappa shape index (κ3) is 5.08. The molecule has 1 aromatic carbocycles.